The van der Waals surface area contributed by atoms with Gasteiger partial charge >= 0.3 is 0 Å². The molecule has 1 saturated carbocycles. The lowest BCUT2D eigenvalue weighted by Gasteiger charge is -2.29. The van der Waals surface area contributed by atoms with Gasteiger partial charge < -0.3 is 0 Å². The molecule has 2 unspecified atom stereocenters. The van der Waals surface area contributed by atoms with Crippen LogP contribution in [0.3, 0.4) is 0 Å². The molecule has 20 heavy (non-hydrogen) atoms. The Bertz CT molecular complexity index is 432. The van der Waals surface area contributed by atoms with Crippen LogP contribution < -0.4 is 10.9 Å². The molecule has 0 aromatic carbocycles. The molecular weight excluding hydrogens is 286 g/mol. The van der Waals surface area contributed by atoms with Crippen molar-refractivity contribution in [3.05, 3.63) is 36.7 Å². The van der Waals surface area contributed by atoms with E-state index in [2.05, 4.69) is 39.7 Å². The minimum atomic E-state index is 0.292. The summed E-state index contributed by atoms with van der Waals surface area (Å²) >= 11 is 3.87. The third kappa shape index (κ3) is 4.25. The van der Waals surface area contributed by atoms with Crippen LogP contribution in [0.25, 0.3) is 0 Å². The number of aromatic nitrogens is 1. The normalized spacial score (nSPS) is 27.6. The van der Waals surface area contributed by atoms with Crippen LogP contribution in [0, 0.1) is 0 Å². The quantitative estimate of drug-likeness (QED) is 0.832. The van der Waals surface area contributed by atoms with Crippen LogP contribution in [0.15, 0.2) is 41.6 Å². The Balaban J connectivity index is 1.47. The van der Waals surface area contributed by atoms with Crippen LogP contribution in [0.5, 0.6) is 0 Å². The Hall–Kier alpha value is -0.490. The van der Waals surface area contributed by atoms with Crippen molar-refractivity contribution in [2.45, 2.75) is 53.0 Å². The molecule has 3 rings (SSSR count). The number of nitrogens with zero attached hydrogens (tertiary/aromatic N) is 1. The zero-order valence-corrected chi connectivity index (χ0v) is 13.1. The Morgan fingerprint density at radius 3 is 2.35 bits per heavy atom. The lowest BCUT2D eigenvalue weighted by Crippen LogP contribution is -2.46. The number of pyridine rings is 1. The van der Waals surface area contributed by atoms with Gasteiger partial charge in [-0.1, -0.05) is 31.4 Å². The van der Waals surface area contributed by atoms with Gasteiger partial charge in [-0.25, -0.2) is 10.9 Å². The molecular formula is C15H21N3S2. The highest BCUT2D eigenvalue weighted by atomic mass is 32.2. The zero-order valence-electron chi connectivity index (χ0n) is 11.5. The van der Waals surface area contributed by atoms with E-state index >= 15 is 0 Å². The highest BCUT2D eigenvalue weighted by molar-refractivity contribution is 8.00. The van der Waals surface area contributed by atoms with E-state index in [0.717, 1.165) is 5.25 Å². The predicted octanol–water partition coefficient (Wildman–Crippen LogP) is 3.56. The molecule has 2 heterocycles. The van der Waals surface area contributed by atoms with Crippen molar-refractivity contribution in [3.63, 3.8) is 0 Å². The van der Waals surface area contributed by atoms with E-state index in [0.29, 0.717) is 10.7 Å². The molecule has 1 fully saturated rings. The fourth-order valence-corrected chi connectivity index (χ4v) is 4.79. The van der Waals surface area contributed by atoms with Crippen LogP contribution in [0.1, 0.15) is 32.1 Å². The highest BCUT2D eigenvalue weighted by Gasteiger charge is 2.21. The van der Waals surface area contributed by atoms with Crippen molar-refractivity contribution in [1.29, 1.82) is 0 Å². The third-order valence-electron chi connectivity index (χ3n) is 3.63. The summed E-state index contributed by atoms with van der Waals surface area (Å²) in [4.78, 5) is 5.28. The zero-order chi connectivity index (χ0) is 13.6. The molecule has 1 aromatic heterocycles. The number of thioether (sulfide) groups is 2. The van der Waals surface area contributed by atoms with Gasteiger partial charge in [-0.15, -0.1) is 23.5 Å². The Morgan fingerprint density at radius 2 is 1.65 bits per heavy atom. The molecule has 2 N–H and O–H groups in total. The second kappa shape index (κ2) is 7.50. The molecule has 0 radical (unpaired) electrons. The van der Waals surface area contributed by atoms with Gasteiger partial charge in [-0.05, 0) is 25.0 Å². The fourth-order valence-electron chi connectivity index (χ4n) is 2.58. The maximum atomic E-state index is 4.04. The van der Waals surface area contributed by atoms with Crippen molar-refractivity contribution in [3.8, 4) is 0 Å². The minimum absolute atomic E-state index is 0.292. The summed E-state index contributed by atoms with van der Waals surface area (Å²) in [6, 6.07) is 4.09. The van der Waals surface area contributed by atoms with E-state index in [1.807, 2.05) is 24.5 Å². The first-order valence-electron chi connectivity index (χ1n) is 7.32. The third-order valence-corrected chi connectivity index (χ3v) is 6.13. The van der Waals surface area contributed by atoms with Gasteiger partial charge in [0, 0.05) is 22.5 Å². The van der Waals surface area contributed by atoms with Gasteiger partial charge in [-0.2, -0.15) is 0 Å². The molecule has 0 bridgehead atoms. The van der Waals surface area contributed by atoms with Crippen molar-refractivity contribution in [2.24, 2.45) is 0 Å². The molecule has 0 amide bonds. The van der Waals surface area contributed by atoms with Crippen LogP contribution >= 0.6 is 23.5 Å². The molecule has 0 spiro atoms. The summed E-state index contributed by atoms with van der Waals surface area (Å²) in [5.41, 5.74) is 6.82. The van der Waals surface area contributed by atoms with Gasteiger partial charge in [0.25, 0.3) is 0 Å². The Morgan fingerprint density at radius 1 is 0.950 bits per heavy atom. The van der Waals surface area contributed by atoms with E-state index in [1.165, 1.54) is 37.0 Å². The molecule has 0 saturated heterocycles. The second-order valence-corrected chi connectivity index (χ2v) is 7.87. The van der Waals surface area contributed by atoms with Gasteiger partial charge in [-0.3, -0.25) is 4.98 Å². The summed E-state index contributed by atoms with van der Waals surface area (Å²) < 4.78 is 0. The first-order valence-corrected chi connectivity index (χ1v) is 9.14. The smallest absolute Gasteiger partial charge is 0.0894 e. The molecule has 108 valence electrons. The maximum absolute atomic E-state index is 4.04. The molecule has 1 aliphatic carbocycles. The van der Waals surface area contributed by atoms with E-state index < -0.39 is 0 Å². The topological polar surface area (TPSA) is 37.0 Å². The first-order chi connectivity index (χ1) is 9.90. The lowest BCUT2D eigenvalue weighted by atomic mass is 10.0. The number of hydrogen-bond acceptors (Lipinski definition) is 5. The number of nitrogens with one attached hydrogen (secondary N) is 2. The van der Waals surface area contributed by atoms with E-state index in [4.69, 9.17) is 0 Å². The number of hydrazine groups is 1. The monoisotopic (exact) mass is 307 g/mol. The Labute approximate surface area is 129 Å². The van der Waals surface area contributed by atoms with Crippen molar-refractivity contribution in [2.75, 3.05) is 0 Å². The van der Waals surface area contributed by atoms with Gasteiger partial charge in [0.05, 0.1) is 10.7 Å². The highest BCUT2D eigenvalue weighted by Crippen LogP contribution is 2.32. The van der Waals surface area contributed by atoms with Gasteiger partial charge in [0.15, 0.2) is 0 Å². The second-order valence-electron chi connectivity index (χ2n) is 5.21. The molecule has 5 heteroatoms. The summed E-state index contributed by atoms with van der Waals surface area (Å²) in [6.45, 7) is 0. The summed E-state index contributed by atoms with van der Waals surface area (Å²) in [6.07, 6.45) is 15.2. The SMILES string of the molecule is C1=CC(SC2CCCCC2)NNC1Sc1ccncc1. The molecule has 2 atom stereocenters. The van der Waals surface area contributed by atoms with Crippen LogP contribution in [-0.2, 0) is 0 Å². The number of rotatable bonds is 4. The molecule has 2 aliphatic rings. The summed E-state index contributed by atoms with van der Waals surface area (Å²) in [7, 11) is 0. The largest absolute Gasteiger partial charge is 0.265 e. The van der Waals surface area contributed by atoms with Gasteiger partial charge in [0.2, 0.25) is 0 Å². The molecule has 3 nitrogen and oxygen atoms in total. The van der Waals surface area contributed by atoms with Crippen LogP contribution in [0.4, 0.5) is 0 Å². The lowest BCUT2D eigenvalue weighted by molar-refractivity contribution is 0.506. The molecule has 1 aliphatic heterocycles. The number of hydrogen-bond donors (Lipinski definition) is 2. The molecule has 1 aromatic rings. The van der Waals surface area contributed by atoms with Crippen LogP contribution in [0.2, 0.25) is 0 Å². The maximum Gasteiger partial charge on any atom is 0.0894 e. The van der Waals surface area contributed by atoms with Gasteiger partial charge in [0.1, 0.15) is 0 Å². The standard InChI is InChI=1S/C15H21N3S2/c1-2-4-12(5-3-1)19-14-6-7-15(18-17-14)20-13-8-10-16-11-9-13/h6-12,14-15,17-18H,1-5H2. The minimum Gasteiger partial charge on any atom is -0.265 e. The Kier molecular flexibility index (Phi) is 5.42. The van der Waals surface area contributed by atoms with E-state index in [1.54, 1.807) is 11.8 Å². The van der Waals surface area contributed by atoms with Crippen LogP contribution in [-0.4, -0.2) is 21.0 Å². The van der Waals surface area contributed by atoms with E-state index in [-0.39, 0.29) is 0 Å². The van der Waals surface area contributed by atoms with Crippen molar-refractivity contribution in [1.82, 2.24) is 15.8 Å². The van der Waals surface area contributed by atoms with E-state index in [9.17, 15) is 0 Å². The summed E-state index contributed by atoms with van der Waals surface area (Å²) in [5, 5.41) is 1.53. The summed E-state index contributed by atoms with van der Waals surface area (Å²) in [5.74, 6) is 0. The predicted molar refractivity (Wildman–Crippen MR) is 87.5 cm³/mol. The average molecular weight is 307 g/mol. The fraction of sp³-hybridized carbons (Fsp3) is 0.533. The first kappa shape index (κ1) is 14.4. The van der Waals surface area contributed by atoms with Crippen molar-refractivity contribution < 1.29 is 0 Å². The van der Waals surface area contributed by atoms with Crippen molar-refractivity contribution >= 4 is 23.5 Å². The average Bonchev–Trinajstić information content (AvgIpc) is 2.51.